The molecule has 3 rings (SSSR count). The molecule has 2 fully saturated rings. The van der Waals surface area contributed by atoms with Crippen LogP contribution in [0.1, 0.15) is 6.42 Å². The van der Waals surface area contributed by atoms with Crippen LogP contribution in [0.2, 0.25) is 0 Å². The van der Waals surface area contributed by atoms with Crippen LogP contribution in [-0.2, 0) is 14.6 Å². The Morgan fingerprint density at radius 2 is 1.92 bits per heavy atom. The first-order valence-electron chi connectivity index (χ1n) is 8.04. The molecule has 24 heavy (non-hydrogen) atoms. The van der Waals surface area contributed by atoms with Crippen LogP contribution in [-0.4, -0.2) is 73.6 Å². The summed E-state index contributed by atoms with van der Waals surface area (Å²) in [6.45, 7) is 2.62. The van der Waals surface area contributed by atoms with E-state index in [-0.39, 0.29) is 35.0 Å². The minimum Gasteiger partial charge on any atom is -0.339 e. The van der Waals surface area contributed by atoms with Gasteiger partial charge in [-0.3, -0.25) is 9.69 Å². The Hall–Kier alpha value is -1.12. The molecule has 0 bridgehead atoms. The van der Waals surface area contributed by atoms with Crippen LogP contribution >= 0.6 is 11.8 Å². The third-order valence-electron chi connectivity index (χ3n) is 4.58. The Bertz CT molecular complexity index is 703. The molecule has 1 aromatic carbocycles. The van der Waals surface area contributed by atoms with Gasteiger partial charge in [0.1, 0.15) is 5.82 Å². The zero-order valence-corrected chi connectivity index (χ0v) is 15.0. The summed E-state index contributed by atoms with van der Waals surface area (Å²) in [6.07, 6.45) is 0.694. The first-order chi connectivity index (χ1) is 11.4. The third kappa shape index (κ3) is 4.29. The van der Waals surface area contributed by atoms with Gasteiger partial charge >= 0.3 is 0 Å². The van der Waals surface area contributed by atoms with Crippen molar-refractivity contribution in [3.63, 3.8) is 0 Å². The van der Waals surface area contributed by atoms with Crippen LogP contribution in [0.5, 0.6) is 0 Å². The maximum absolute atomic E-state index is 13.6. The summed E-state index contributed by atoms with van der Waals surface area (Å²) < 4.78 is 36.7. The molecule has 2 saturated heterocycles. The lowest BCUT2D eigenvalue weighted by molar-refractivity contribution is -0.130. The van der Waals surface area contributed by atoms with Gasteiger partial charge in [-0.1, -0.05) is 12.1 Å². The highest BCUT2D eigenvalue weighted by Crippen LogP contribution is 2.23. The van der Waals surface area contributed by atoms with Crippen LogP contribution in [0.3, 0.4) is 0 Å². The molecule has 0 aliphatic carbocycles. The Kier molecular flexibility index (Phi) is 5.46. The van der Waals surface area contributed by atoms with Crippen LogP contribution < -0.4 is 0 Å². The Morgan fingerprint density at radius 3 is 2.54 bits per heavy atom. The van der Waals surface area contributed by atoms with Gasteiger partial charge in [-0.2, -0.15) is 0 Å². The number of carbonyl (C=O) groups excluding carboxylic acids is 1. The van der Waals surface area contributed by atoms with Gasteiger partial charge in [0, 0.05) is 37.1 Å². The second kappa shape index (κ2) is 7.41. The molecule has 0 radical (unpaired) electrons. The fourth-order valence-electron chi connectivity index (χ4n) is 3.19. The fraction of sp³-hybridized carbons (Fsp3) is 0.562. The lowest BCUT2D eigenvalue weighted by Gasteiger charge is -2.37. The van der Waals surface area contributed by atoms with E-state index >= 15 is 0 Å². The van der Waals surface area contributed by atoms with E-state index in [9.17, 15) is 17.6 Å². The lowest BCUT2D eigenvalue weighted by atomic mass is 10.2. The molecular weight excluding hydrogens is 351 g/mol. The van der Waals surface area contributed by atoms with Gasteiger partial charge in [0.05, 0.1) is 17.3 Å². The molecule has 8 heteroatoms. The average molecular weight is 372 g/mol. The fourth-order valence-corrected chi connectivity index (χ4v) is 5.80. The van der Waals surface area contributed by atoms with Crippen LogP contribution in [0.4, 0.5) is 4.39 Å². The summed E-state index contributed by atoms with van der Waals surface area (Å²) in [5.41, 5.74) is 0. The van der Waals surface area contributed by atoms with Gasteiger partial charge in [0.25, 0.3) is 0 Å². The smallest absolute Gasteiger partial charge is 0.233 e. The van der Waals surface area contributed by atoms with E-state index in [2.05, 4.69) is 4.90 Å². The molecule has 1 aromatic rings. The van der Waals surface area contributed by atoms with Crippen LogP contribution in [0.25, 0.3) is 0 Å². The molecule has 1 amide bonds. The highest BCUT2D eigenvalue weighted by Gasteiger charge is 2.34. The van der Waals surface area contributed by atoms with Gasteiger partial charge in [0.2, 0.25) is 5.91 Å². The summed E-state index contributed by atoms with van der Waals surface area (Å²) in [6, 6.07) is 6.54. The summed E-state index contributed by atoms with van der Waals surface area (Å²) in [5.74, 6) is 0.434. The van der Waals surface area contributed by atoms with E-state index in [1.165, 1.54) is 17.8 Å². The SMILES string of the molecule is O=C(CSc1ccccc1F)N1CCN([C@H]2CCS(=O)(=O)C2)CC1. The predicted molar refractivity (Wildman–Crippen MR) is 92.3 cm³/mol. The van der Waals surface area contributed by atoms with E-state index < -0.39 is 9.84 Å². The molecule has 0 N–H and O–H groups in total. The quantitative estimate of drug-likeness (QED) is 0.745. The highest BCUT2D eigenvalue weighted by molar-refractivity contribution is 8.00. The standard InChI is InChI=1S/C16H21FN2O3S2/c17-14-3-1-2-4-15(14)23-11-16(20)19-8-6-18(7-9-19)13-5-10-24(21,22)12-13/h1-4,13H,5-12H2/t13-/m0/s1. The van der Waals surface area contributed by atoms with Crippen molar-refractivity contribution in [2.24, 2.45) is 0 Å². The molecule has 0 spiro atoms. The number of amides is 1. The molecule has 0 saturated carbocycles. The lowest BCUT2D eigenvalue weighted by Crippen LogP contribution is -2.52. The Labute approximate surface area is 146 Å². The van der Waals surface area contributed by atoms with Crippen LogP contribution in [0.15, 0.2) is 29.2 Å². The van der Waals surface area contributed by atoms with Crippen molar-refractivity contribution in [3.8, 4) is 0 Å². The van der Waals surface area contributed by atoms with Crippen molar-refractivity contribution < 1.29 is 17.6 Å². The number of rotatable bonds is 4. The summed E-state index contributed by atoms with van der Waals surface area (Å²) >= 11 is 1.22. The van der Waals surface area contributed by atoms with E-state index in [4.69, 9.17) is 0 Å². The van der Waals surface area contributed by atoms with Gasteiger partial charge in [0.15, 0.2) is 9.84 Å². The Balaban J connectivity index is 1.46. The zero-order valence-electron chi connectivity index (χ0n) is 13.4. The number of hydrogen-bond donors (Lipinski definition) is 0. The van der Waals surface area contributed by atoms with Crippen molar-refractivity contribution in [3.05, 3.63) is 30.1 Å². The number of benzene rings is 1. The van der Waals surface area contributed by atoms with Crippen molar-refractivity contribution in [1.29, 1.82) is 0 Å². The average Bonchev–Trinajstić information content (AvgIpc) is 2.94. The third-order valence-corrected chi connectivity index (χ3v) is 7.36. The number of piperazine rings is 1. The number of carbonyl (C=O) groups is 1. The van der Waals surface area contributed by atoms with E-state index in [1.54, 1.807) is 23.1 Å². The molecule has 2 aliphatic heterocycles. The normalized spacial score (nSPS) is 24.2. The molecule has 5 nitrogen and oxygen atoms in total. The molecule has 1 atom stereocenters. The van der Waals surface area contributed by atoms with Gasteiger partial charge in [-0.25, -0.2) is 12.8 Å². The van der Waals surface area contributed by atoms with Crippen molar-refractivity contribution in [2.45, 2.75) is 17.4 Å². The van der Waals surface area contributed by atoms with E-state index in [0.717, 1.165) is 0 Å². The van der Waals surface area contributed by atoms with E-state index in [0.29, 0.717) is 37.5 Å². The first-order valence-corrected chi connectivity index (χ1v) is 10.8. The maximum atomic E-state index is 13.6. The minimum absolute atomic E-state index is 0.00180. The van der Waals surface area contributed by atoms with Crippen molar-refractivity contribution in [2.75, 3.05) is 43.4 Å². The topological polar surface area (TPSA) is 57.7 Å². The monoisotopic (exact) mass is 372 g/mol. The van der Waals surface area contributed by atoms with Crippen LogP contribution in [0, 0.1) is 5.82 Å². The van der Waals surface area contributed by atoms with Crippen molar-refractivity contribution in [1.82, 2.24) is 9.80 Å². The maximum Gasteiger partial charge on any atom is 0.233 e. The second-order valence-electron chi connectivity index (χ2n) is 6.19. The number of thioether (sulfide) groups is 1. The zero-order chi connectivity index (χ0) is 17.2. The minimum atomic E-state index is -2.88. The van der Waals surface area contributed by atoms with E-state index in [1.807, 2.05) is 0 Å². The number of sulfone groups is 1. The molecule has 2 aliphatic rings. The van der Waals surface area contributed by atoms with Gasteiger partial charge < -0.3 is 4.90 Å². The summed E-state index contributed by atoms with van der Waals surface area (Å²) in [5, 5.41) is 0. The summed E-state index contributed by atoms with van der Waals surface area (Å²) in [4.78, 5) is 16.7. The Morgan fingerprint density at radius 1 is 1.21 bits per heavy atom. The molecular formula is C16H21FN2O3S2. The molecule has 2 heterocycles. The molecule has 0 aromatic heterocycles. The van der Waals surface area contributed by atoms with Gasteiger partial charge in [-0.15, -0.1) is 11.8 Å². The number of nitrogens with zero attached hydrogens (tertiary/aromatic N) is 2. The first kappa shape index (κ1) is 17.7. The molecule has 132 valence electrons. The molecule has 0 unspecified atom stereocenters. The number of hydrogen-bond acceptors (Lipinski definition) is 5. The largest absolute Gasteiger partial charge is 0.339 e. The summed E-state index contributed by atoms with van der Waals surface area (Å²) in [7, 11) is -2.88. The number of halogens is 1. The predicted octanol–water partition coefficient (Wildman–Crippen LogP) is 1.25. The van der Waals surface area contributed by atoms with Gasteiger partial charge in [-0.05, 0) is 18.6 Å². The second-order valence-corrected chi connectivity index (χ2v) is 9.44. The van der Waals surface area contributed by atoms with Crippen molar-refractivity contribution >= 4 is 27.5 Å². The highest BCUT2D eigenvalue weighted by atomic mass is 32.2.